The molecule has 0 bridgehead atoms. The Kier molecular flexibility index (Phi) is 4.77. The van der Waals surface area contributed by atoms with Crippen molar-refractivity contribution >= 4 is 23.8 Å². The van der Waals surface area contributed by atoms with E-state index in [1.165, 1.54) is 12.1 Å². The molecule has 2 aliphatic rings. The molecule has 1 saturated heterocycles. The van der Waals surface area contributed by atoms with Gasteiger partial charge in [-0.25, -0.2) is 4.79 Å². The van der Waals surface area contributed by atoms with Crippen LogP contribution >= 0.6 is 0 Å². The van der Waals surface area contributed by atoms with Gasteiger partial charge in [-0.05, 0) is 45.7 Å². The van der Waals surface area contributed by atoms with Gasteiger partial charge in [0, 0.05) is 13.2 Å². The van der Waals surface area contributed by atoms with Crippen LogP contribution in [0.4, 0.5) is 0 Å². The third kappa shape index (κ3) is 3.44. The number of hydrogen-bond acceptors (Lipinski definition) is 7. The quantitative estimate of drug-likeness (QED) is 0.452. The minimum Gasteiger partial charge on any atom is -0.459 e. The Morgan fingerprint density at radius 2 is 1.52 bits per heavy atom. The van der Waals surface area contributed by atoms with Gasteiger partial charge in [0.05, 0.1) is 11.1 Å². The number of hydrogen-bond donors (Lipinski definition) is 0. The molecule has 0 spiro atoms. The topological polar surface area (TPSA) is 99.2 Å². The van der Waals surface area contributed by atoms with Gasteiger partial charge in [-0.3, -0.25) is 14.4 Å². The van der Waals surface area contributed by atoms with E-state index in [2.05, 4.69) is 0 Å². The van der Waals surface area contributed by atoms with Gasteiger partial charge in [0.25, 0.3) is 11.8 Å². The highest BCUT2D eigenvalue weighted by molar-refractivity contribution is 6.21. The van der Waals surface area contributed by atoms with Gasteiger partial charge in [-0.15, -0.1) is 0 Å². The number of fused-ring (bicyclic) bond motifs is 1. The van der Waals surface area contributed by atoms with Gasteiger partial charge >= 0.3 is 11.9 Å². The molecule has 0 aromatic heterocycles. The number of esters is 1. The molecule has 0 atom stereocenters. The fourth-order valence-electron chi connectivity index (χ4n) is 3.01. The molecule has 0 saturated carbocycles. The van der Waals surface area contributed by atoms with Crippen LogP contribution in [0.3, 0.4) is 0 Å². The molecule has 0 unspecified atom stereocenters. The Labute approximate surface area is 156 Å². The monoisotopic (exact) mass is 375 g/mol. The van der Waals surface area contributed by atoms with Gasteiger partial charge in [-0.2, -0.15) is 0 Å². The van der Waals surface area contributed by atoms with Crippen LogP contribution in [0.25, 0.3) is 0 Å². The summed E-state index contributed by atoms with van der Waals surface area (Å²) in [5.74, 6) is -3.22. The van der Waals surface area contributed by atoms with Crippen LogP contribution in [0.2, 0.25) is 0 Å². The summed E-state index contributed by atoms with van der Waals surface area (Å²) in [7, 11) is 0. The highest BCUT2D eigenvalue weighted by Crippen LogP contribution is 2.36. The first-order valence-electron chi connectivity index (χ1n) is 8.67. The lowest BCUT2D eigenvalue weighted by Gasteiger charge is -2.35. The van der Waals surface area contributed by atoms with E-state index in [4.69, 9.17) is 14.3 Å². The van der Waals surface area contributed by atoms with Crippen molar-refractivity contribution in [3.8, 4) is 0 Å². The lowest BCUT2D eigenvalue weighted by atomic mass is 9.80. The van der Waals surface area contributed by atoms with Crippen LogP contribution in [-0.4, -0.2) is 47.6 Å². The van der Waals surface area contributed by atoms with E-state index in [9.17, 15) is 19.2 Å². The van der Waals surface area contributed by atoms with E-state index < -0.39 is 34.8 Å². The Morgan fingerprint density at radius 1 is 1.00 bits per heavy atom. The zero-order valence-corrected chi connectivity index (χ0v) is 15.4. The standard InChI is InChI=1S/C19H21NO7/c1-18(2,3)26-16(23)19(8-10-25-11-9-19)17(24)27-20-14(21)12-6-4-5-7-13(12)15(20)22/h4-7H,8-11H2,1-3H3. The zero-order chi connectivity index (χ0) is 19.8. The van der Waals surface area contributed by atoms with E-state index in [0.717, 1.165) is 0 Å². The van der Waals surface area contributed by atoms with Crippen LogP contribution in [0, 0.1) is 5.41 Å². The Balaban J connectivity index is 1.85. The lowest BCUT2D eigenvalue weighted by Crippen LogP contribution is -2.50. The van der Waals surface area contributed by atoms with Crippen molar-refractivity contribution in [3.05, 3.63) is 35.4 Å². The normalized spacial score (nSPS) is 18.9. The van der Waals surface area contributed by atoms with Gasteiger partial charge in [-0.1, -0.05) is 17.2 Å². The van der Waals surface area contributed by atoms with Gasteiger partial charge < -0.3 is 14.3 Å². The lowest BCUT2D eigenvalue weighted by molar-refractivity contribution is -0.200. The number of hydroxylamine groups is 2. The van der Waals surface area contributed by atoms with Gasteiger partial charge in [0.2, 0.25) is 0 Å². The maximum absolute atomic E-state index is 12.9. The number of rotatable bonds is 3. The summed E-state index contributed by atoms with van der Waals surface area (Å²) in [6.45, 7) is 5.39. The predicted molar refractivity (Wildman–Crippen MR) is 91.4 cm³/mol. The Bertz CT molecular complexity index is 768. The number of ether oxygens (including phenoxy) is 2. The predicted octanol–water partition coefficient (Wildman–Crippen LogP) is 1.88. The van der Waals surface area contributed by atoms with Crippen molar-refractivity contribution in [2.24, 2.45) is 5.41 Å². The minimum absolute atomic E-state index is 0.0456. The molecule has 27 heavy (non-hydrogen) atoms. The van der Waals surface area contributed by atoms with E-state index in [1.54, 1.807) is 32.9 Å². The molecule has 2 aliphatic heterocycles. The van der Waals surface area contributed by atoms with Crippen LogP contribution in [0.1, 0.15) is 54.3 Å². The second-order valence-electron chi connectivity index (χ2n) is 7.53. The zero-order valence-electron chi connectivity index (χ0n) is 15.4. The number of amides is 2. The van der Waals surface area contributed by atoms with Gasteiger partial charge in [0.15, 0.2) is 5.41 Å². The molecule has 0 radical (unpaired) electrons. The van der Waals surface area contributed by atoms with E-state index in [1.807, 2.05) is 0 Å². The third-order valence-corrected chi connectivity index (χ3v) is 4.46. The highest BCUT2D eigenvalue weighted by atomic mass is 16.7. The molecular formula is C19H21NO7. The number of nitrogens with zero attached hydrogens (tertiary/aromatic N) is 1. The van der Waals surface area contributed by atoms with Crippen molar-refractivity contribution in [3.63, 3.8) is 0 Å². The summed E-state index contributed by atoms with van der Waals surface area (Å²) in [6.07, 6.45) is 0.0911. The molecule has 8 heteroatoms. The summed E-state index contributed by atoms with van der Waals surface area (Å²) in [5, 5.41) is 0.411. The van der Waals surface area contributed by atoms with Crippen molar-refractivity contribution in [1.29, 1.82) is 0 Å². The minimum atomic E-state index is -1.62. The molecule has 3 rings (SSSR count). The average molecular weight is 375 g/mol. The summed E-state index contributed by atoms with van der Waals surface area (Å²) >= 11 is 0. The smallest absolute Gasteiger partial charge is 0.350 e. The Hall–Kier alpha value is -2.74. The molecule has 1 aromatic rings. The average Bonchev–Trinajstić information content (AvgIpc) is 2.86. The summed E-state index contributed by atoms with van der Waals surface area (Å²) in [4.78, 5) is 55.7. The first kappa shape index (κ1) is 19.0. The molecule has 2 amide bonds. The molecule has 0 N–H and O–H groups in total. The Morgan fingerprint density at radius 3 is 2.00 bits per heavy atom. The molecule has 0 aliphatic carbocycles. The van der Waals surface area contributed by atoms with Gasteiger partial charge in [0.1, 0.15) is 5.60 Å². The molecular weight excluding hydrogens is 354 g/mol. The SMILES string of the molecule is CC(C)(C)OC(=O)C1(C(=O)ON2C(=O)c3ccccc3C2=O)CCOCC1. The van der Waals surface area contributed by atoms with E-state index >= 15 is 0 Å². The molecule has 1 aromatic carbocycles. The maximum atomic E-state index is 12.9. The van der Waals surface area contributed by atoms with Crippen molar-refractivity contribution in [2.75, 3.05) is 13.2 Å². The number of carbonyl (C=O) groups excluding carboxylic acids is 4. The highest BCUT2D eigenvalue weighted by Gasteiger charge is 2.53. The summed E-state index contributed by atoms with van der Waals surface area (Å²) in [6, 6.07) is 6.16. The first-order valence-corrected chi connectivity index (χ1v) is 8.67. The van der Waals surface area contributed by atoms with Crippen molar-refractivity contribution in [1.82, 2.24) is 5.06 Å². The molecule has 8 nitrogen and oxygen atoms in total. The van der Waals surface area contributed by atoms with Crippen LogP contribution in [0.15, 0.2) is 24.3 Å². The fraction of sp³-hybridized carbons (Fsp3) is 0.474. The summed E-state index contributed by atoms with van der Waals surface area (Å²) < 4.78 is 10.7. The van der Waals surface area contributed by atoms with E-state index in [0.29, 0.717) is 5.06 Å². The second-order valence-corrected chi connectivity index (χ2v) is 7.53. The van der Waals surface area contributed by atoms with Crippen LogP contribution in [-0.2, 0) is 23.9 Å². The fourth-order valence-corrected chi connectivity index (χ4v) is 3.01. The van der Waals surface area contributed by atoms with Crippen LogP contribution in [0.5, 0.6) is 0 Å². The van der Waals surface area contributed by atoms with Crippen molar-refractivity contribution < 1.29 is 33.5 Å². The molecule has 2 heterocycles. The molecule has 1 fully saturated rings. The largest absolute Gasteiger partial charge is 0.459 e. The number of imide groups is 1. The maximum Gasteiger partial charge on any atom is 0.350 e. The van der Waals surface area contributed by atoms with E-state index in [-0.39, 0.29) is 37.2 Å². The number of benzene rings is 1. The third-order valence-electron chi connectivity index (χ3n) is 4.46. The number of carbonyl (C=O) groups is 4. The second kappa shape index (κ2) is 6.77. The van der Waals surface area contributed by atoms with Crippen molar-refractivity contribution in [2.45, 2.75) is 39.2 Å². The first-order chi connectivity index (χ1) is 12.7. The molecule has 144 valence electrons. The summed E-state index contributed by atoms with van der Waals surface area (Å²) in [5.41, 5.74) is -2.14. The van der Waals surface area contributed by atoms with Crippen LogP contribution < -0.4 is 0 Å².